The Morgan fingerprint density at radius 1 is 1.38 bits per heavy atom. The van der Waals surface area contributed by atoms with Crippen molar-refractivity contribution in [3.05, 3.63) is 15.6 Å². The van der Waals surface area contributed by atoms with E-state index in [1.807, 2.05) is 11.3 Å². The lowest BCUT2D eigenvalue weighted by Gasteiger charge is -2.19. The van der Waals surface area contributed by atoms with Crippen LogP contribution in [0.15, 0.2) is 0 Å². The van der Waals surface area contributed by atoms with E-state index in [1.165, 1.54) is 15.6 Å². The molecule has 0 spiro atoms. The van der Waals surface area contributed by atoms with Crippen LogP contribution in [0.2, 0.25) is 0 Å². The van der Waals surface area contributed by atoms with E-state index in [2.05, 4.69) is 20.8 Å². The van der Waals surface area contributed by atoms with Crippen LogP contribution in [0.5, 0.6) is 0 Å². The molecular weight excluding hydrogens is 218 g/mol. The van der Waals surface area contributed by atoms with E-state index in [0.717, 1.165) is 32.5 Å². The molecule has 0 amide bonds. The summed E-state index contributed by atoms with van der Waals surface area (Å²) in [5, 5.41) is 1.35. The molecule has 0 atom stereocenters. The second kappa shape index (κ2) is 5.28. The van der Waals surface area contributed by atoms with Crippen LogP contribution in [0.25, 0.3) is 0 Å². The zero-order chi connectivity index (χ0) is 11.5. The van der Waals surface area contributed by atoms with Gasteiger partial charge in [0, 0.05) is 24.0 Å². The van der Waals surface area contributed by atoms with Crippen LogP contribution >= 0.6 is 11.3 Å². The van der Waals surface area contributed by atoms with Gasteiger partial charge in [0.25, 0.3) is 0 Å². The fraction of sp³-hybridized carbons (Fsp3) is 0.769. The molecule has 0 aliphatic carbocycles. The van der Waals surface area contributed by atoms with Crippen molar-refractivity contribution >= 4 is 11.3 Å². The van der Waals surface area contributed by atoms with Gasteiger partial charge in [-0.25, -0.2) is 4.98 Å². The highest BCUT2D eigenvalue weighted by molar-refractivity contribution is 7.11. The van der Waals surface area contributed by atoms with Gasteiger partial charge in [-0.3, -0.25) is 0 Å². The van der Waals surface area contributed by atoms with Crippen LogP contribution < -0.4 is 0 Å². The van der Waals surface area contributed by atoms with Crippen molar-refractivity contribution < 1.29 is 4.74 Å². The summed E-state index contributed by atoms with van der Waals surface area (Å²) in [7, 11) is 0. The van der Waals surface area contributed by atoms with Crippen LogP contribution in [0.3, 0.4) is 0 Å². The molecule has 1 aromatic rings. The Morgan fingerprint density at radius 2 is 2.06 bits per heavy atom. The van der Waals surface area contributed by atoms with Crippen molar-refractivity contribution in [2.24, 2.45) is 0 Å². The zero-order valence-electron chi connectivity index (χ0n) is 10.5. The Hall–Kier alpha value is -0.410. The predicted molar refractivity (Wildman–Crippen MR) is 68.4 cm³/mol. The zero-order valence-corrected chi connectivity index (χ0v) is 11.3. The molecule has 1 fully saturated rings. The van der Waals surface area contributed by atoms with Crippen molar-refractivity contribution in [3.63, 3.8) is 0 Å². The first-order valence-electron chi connectivity index (χ1n) is 6.29. The molecule has 1 saturated heterocycles. The summed E-state index contributed by atoms with van der Waals surface area (Å²) < 4.78 is 5.41. The molecule has 0 N–H and O–H groups in total. The van der Waals surface area contributed by atoms with Crippen LogP contribution in [-0.2, 0) is 11.2 Å². The van der Waals surface area contributed by atoms with Crippen molar-refractivity contribution in [2.45, 2.75) is 51.9 Å². The molecule has 90 valence electrons. The molecule has 1 aliphatic heterocycles. The van der Waals surface area contributed by atoms with E-state index in [0.29, 0.717) is 11.8 Å². The monoisotopic (exact) mass is 239 g/mol. The van der Waals surface area contributed by atoms with Crippen LogP contribution in [0.1, 0.15) is 61.0 Å². The van der Waals surface area contributed by atoms with Gasteiger partial charge >= 0.3 is 0 Å². The van der Waals surface area contributed by atoms with E-state index in [4.69, 9.17) is 9.72 Å². The van der Waals surface area contributed by atoms with Crippen LogP contribution in [0, 0.1) is 0 Å². The fourth-order valence-corrected chi connectivity index (χ4v) is 3.53. The summed E-state index contributed by atoms with van der Waals surface area (Å²) >= 11 is 1.93. The highest BCUT2D eigenvalue weighted by Gasteiger charge is 2.21. The van der Waals surface area contributed by atoms with E-state index in [1.54, 1.807) is 0 Å². The quantitative estimate of drug-likeness (QED) is 0.802. The molecule has 16 heavy (non-hydrogen) atoms. The summed E-state index contributed by atoms with van der Waals surface area (Å²) in [5.74, 6) is 1.26. The Balaban J connectivity index is 2.20. The third-order valence-corrected chi connectivity index (χ3v) is 4.73. The molecule has 1 aromatic heterocycles. The molecular formula is C13H21NOS. The topological polar surface area (TPSA) is 22.1 Å². The molecule has 1 aliphatic rings. The molecule has 2 heterocycles. The standard InChI is InChI=1S/C13H21NOS/c1-4-11-12(9(2)3)16-13(14-11)10-5-7-15-8-6-10/h9-10H,4-8H2,1-3H3. The van der Waals surface area contributed by atoms with Gasteiger partial charge in [0.05, 0.1) is 10.7 Å². The molecule has 3 heteroatoms. The van der Waals surface area contributed by atoms with Gasteiger partial charge in [-0.15, -0.1) is 11.3 Å². The lowest BCUT2D eigenvalue weighted by atomic mass is 10.0. The summed E-state index contributed by atoms with van der Waals surface area (Å²) in [6.45, 7) is 8.54. The van der Waals surface area contributed by atoms with Crippen molar-refractivity contribution in [3.8, 4) is 0 Å². The number of aryl methyl sites for hydroxylation is 1. The number of hydrogen-bond donors (Lipinski definition) is 0. The first-order valence-corrected chi connectivity index (χ1v) is 7.11. The molecule has 2 nitrogen and oxygen atoms in total. The Bertz CT molecular complexity index is 340. The second-order valence-corrected chi connectivity index (χ2v) is 5.82. The second-order valence-electron chi connectivity index (χ2n) is 4.76. The van der Waals surface area contributed by atoms with Gasteiger partial charge in [-0.2, -0.15) is 0 Å². The van der Waals surface area contributed by atoms with Gasteiger partial charge in [0.1, 0.15) is 0 Å². The van der Waals surface area contributed by atoms with Gasteiger partial charge in [-0.1, -0.05) is 20.8 Å². The van der Waals surface area contributed by atoms with Crippen LogP contribution in [-0.4, -0.2) is 18.2 Å². The highest BCUT2D eigenvalue weighted by Crippen LogP contribution is 2.35. The lowest BCUT2D eigenvalue weighted by molar-refractivity contribution is 0.0852. The molecule has 0 bridgehead atoms. The summed E-state index contributed by atoms with van der Waals surface area (Å²) in [5.41, 5.74) is 1.32. The first kappa shape index (κ1) is 12.1. The largest absolute Gasteiger partial charge is 0.381 e. The normalized spacial score (nSPS) is 18.2. The van der Waals surface area contributed by atoms with Gasteiger partial charge in [-0.05, 0) is 25.2 Å². The maximum Gasteiger partial charge on any atom is 0.0963 e. The maximum atomic E-state index is 5.41. The number of hydrogen-bond acceptors (Lipinski definition) is 3. The number of nitrogens with zero attached hydrogens (tertiary/aromatic N) is 1. The minimum atomic E-state index is 0.612. The average Bonchev–Trinajstić information content (AvgIpc) is 2.74. The third kappa shape index (κ3) is 2.46. The van der Waals surface area contributed by atoms with Crippen molar-refractivity contribution in [1.29, 1.82) is 0 Å². The molecule has 0 unspecified atom stereocenters. The summed E-state index contributed by atoms with van der Waals surface area (Å²) in [6.07, 6.45) is 3.36. The number of aromatic nitrogens is 1. The van der Waals surface area contributed by atoms with Crippen molar-refractivity contribution in [2.75, 3.05) is 13.2 Å². The van der Waals surface area contributed by atoms with E-state index >= 15 is 0 Å². The Labute approximate surface area is 102 Å². The highest BCUT2D eigenvalue weighted by atomic mass is 32.1. The molecule has 0 aromatic carbocycles. The van der Waals surface area contributed by atoms with Gasteiger partial charge in [0.15, 0.2) is 0 Å². The Morgan fingerprint density at radius 3 is 2.56 bits per heavy atom. The van der Waals surface area contributed by atoms with E-state index in [-0.39, 0.29) is 0 Å². The van der Waals surface area contributed by atoms with Crippen molar-refractivity contribution in [1.82, 2.24) is 4.98 Å². The SMILES string of the molecule is CCc1nc(C2CCOCC2)sc1C(C)C. The maximum absolute atomic E-state index is 5.41. The first-order chi connectivity index (χ1) is 7.72. The molecule has 2 rings (SSSR count). The molecule has 0 radical (unpaired) electrons. The average molecular weight is 239 g/mol. The predicted octanol–water partition coefficient (Wildman–Crippen LogP) is 3.72. The number of rotatable bonds is 3. The lowest BCUT2D eigenvalue weighted by Crippen LogP contribution is -2.13. The van der Waals surface area contributed by atoms with E-state index < -0.39 is 0 Å². The Kier molecular flexibility index (Phi) is 3.98. The van der Waals surface area contributed by atoms with Gasteiger partial charge in [0.2, 0.25) is 0 Å². The minimum Gasteiger partial charge on any atom is -0.381 e. The van der Waals surface area contributed by atoms with Crippen LogP contribution in [0.4, 0.5) is 0 Å². The summed E-state index contributed by atoms with van der Waals surface area (Å²) in [6, 6.07) is 0. The van der Waals surface area contributed by atoms with E-state index in [9.17, 15) is 0 Å². The number of ether oxygens (including phenoxy) is 1. The summed E-state index contributed by atoms with van der Waals surface area (Å²) in [4.78, 5) is 6.33. The smallest absolute Gasteiger partial charge is 0.0963 e. The molecule has 0 saturated carbocycles. The minimum absolute atomic E-state index is 0.612. The van der Waals surface area contributed by atoms with Gasteiger partial charge < -0.3 is 4.74 Å². The number of thiazole rings is 1. The fourth-order valence-electron chi connectivity index (χ4n) is 2.21. The third-order valence-electron chi connectivity index (χ3n) is 3.17.